The number of pyridine rings is 1. The second-order valence-electron chi connectivity index (χ2n) is 10.9. The number of nitrogens with zero attached hydrogens (tertiary/aromatic N) is 3. The molecule has 4 bridgehead atoms. The minimum atomic E-state index is -0.513. The van der Waals surface area contributed by atoms with E-state index in [1.165, 1.54) is 13.3 Å². The molecule has 5 fully saturated rings. The normalized spacial score (nSPS) is 36.8. The van der Waals surface area contributed by atoms with Gasteiger partial charge in [0.1, 0.15) is 6.07 Å². The summed E-state index contributed by atoms with van der Waals surface area (Å²) in [5.41, 5.74) is -0.350. The third-order valence-electron chi connectivity index (χ3n) is 8.75. The minimum absolute atomic E-state index is 0.0513. The summed E-state index contributed by atoms with van der Waals surface area (Å²) in [5, 5.41) is 8.93. The number of methoxy groups -OCH3 is 1. The van der Waals surface area contributed by atoms with E-state index in [0.717, 1.165) is 32.1 Å². The van der Waals surface area contributed by atoms with E-state index in [9.17, 15) is 9.59 Å². The van der Waals surface area contributed by atoms with Crippen molar-refractivity contribution in [1.82, 2.24) is 9.88 Å². The third-order valence-corrected chi connectivity index (χ3v) is 8.75. The molecule has 32 heavy (non-hydrogen) atoms. The summed E-state index contributed by atoms with van der Waals surface area (Å²) < 4.78 is 11.1. The summed E-state index contributed by atoms with van der Waals surface area (Å²) >= 11 is 0. The lowest BCUT2D eigenvalue weighted by Crippen LogP contribution is -2.61. The van der Waals surface area contributed by atoms with Crippen LogP contribution in [-0.4, -0.2) is 48.1 Å². The van der Waals surface area contributed by atoms with Crippen LogP contribution in [0.3, 0.4) is 0 Å². The van der Waals surface area contributed by atoms with Crippen molar-refractivity contribution in [3.63, 3.8) is 0 Å². The molecule has 1 aromatic heterocycles. The third kappa shape index (κ3) is 3.18. The van der Waals surface area contributed by atoms with Crippen LogP contribution in [0.15, 0.2) is 18.3 Å². The number of ether oxygens (including phenoxy) is 2. The number of esters is 1. The summed E-state index contributed by atoms with van der Waals surface area (Å²) in [4.78, 5) is 32.5. The Morgan fingerprint density at radius 3 is 2.56 bits per heavy atom. The highest BCUT2D eigenvalue weighted by atomic mass is 16.5. The van der Waals surface area contributed by atoms with E-state index in [1.54, 1.807) is 12.1 Å². The number of rotatable bonds is 5. The van der Waals surface area contributed by atoms with E-state index >= 15 is 0 Å². The molecule has 6 rings (SSSR count). The molecule has 5 aliphatic rings. The molecule has 7 nitrogen and oxygen atoms in total. The van der Waals surface area contributed by atoms with E-state index < -0.39 is 5.41 Å². The van der Waals surface area contributed by atoms with Crippen molar-refractivity contribution >= 4 is 11.9 Å². The van der Waals surface area contributed by atoms with E-state index in [0.29, 0.717) is 42.3 Å². The first kappa shape index (κ1) is 21.2. The SMILES string of the molecule is COC(=O)C12CC3C[C@H](C1)C(N1CC(COc4ccc(C#N)cn4)C(C)(C)C1=O)[C@H](C3)C2. The topological polar surface area (TPSA) is 92.5 Å². The summed E-state index contributed by atoms with van der Waals surface area (Å²) in [6, 6.07) is 5.65. The van der Waals surface area contributed by atoms with Crippen LogP contribution >= 0.6 is 0 Å². The van der Waals surface area contributed by atoms with Gasteiger partial charge < -0.3 is 14.4 Å². The van der Waals surface area contributed by atoms with Crippen molar-refractivity contribution in [1.29, 1.82) is 5.26 Å². The average molecular weight is 438 g/mol. The van der Waals surface area contributed by atoms with Crippen LogP contribution in [0.5, 0.6) is 5.88 Å². The Labute approximate surface area is 189 Å². The van der Waals surface area contributed by atoms with Gasteiger partial charge in [-0.25, -0.2) is 4.98 Å². The number of likely N-dealkylation sites (tertiary alicyclic amines) is 1. The molecule has 2 heterocycles. The zero-order valence-electron chi connectivity index (χ0n) is 19.0. The Balaban J connectivity index is 1.31. The first-order valence-corrected chi connectivity index (χ1v) is 11.7. The molecule has 1 aromatic rings. The Hall–Kier alpha value is -2.62. The van der Waals surface area contributed by atoms with E-state index in [2.05, 4.69) is 16.0 Å². The summed E-state index contributed by atoms with van der Waals surface area (Å²) in [5.74, 6) is 2.00. The van der Waals surface area contributed by atoms with Gasteiger partial charge in [0, 0.05) is 30.8 Å². The lowest BCUT2D eigenvalue weighted by molar-refractivity contribution is -0.177. The van der Waals surface area contributed by atoms with Crippen molar-refractivity contribution < 1.29 is 19.1 Å². The van der Waals surface area contributed by atoms with Gasteiger partial charge in [0.2, 0.25) is 11.8 Å². The average Bonchev–Trinajstić information content (AvgIpc) is 3.00. The van der Waals surface area contributed by atoms with Crippen LogP contribution < -0.4 is 4.74 Å². The Morgan fingerprint density at radius 2 is 1.97 bits per heavy atom. The quantitative estimate of drug-likeness (QED) is 0.657. The molecule has 170 valence electrons. The van der Waals surface area contributed by atoms with Crippen molar-refractivity contribution in [2.75, 3.05) is 20.3 Å². The van der Waals surface area contributed by atoms with Gasteiger partial charge in [-0.05, 0) is 55.9 Å². The Bertz CT molecular complexity index is 950. The fourth-order valence-corrected chi connectivity index (χ4v) is 7.30. The fraction of sp³-hybridized carbons (Fsp3) is 0.680. The number of aromatic nitrogens is 1. The Morgan fingerprint density at radius 1 is 1.25 bits per heavy atom. The lowest BCUT2D eigenvalue weighted by atomic mass is 9.47. The highest BCUT2D eigenvalue weighted by Gasteiger charge is 2.62. The monoisotopic (exact) mass is 437 g/mol. The fourth-order valence-electron chi connectivity index (χ4n) is 7.30. The molecule has 1 aliphatic heterocycles. The molecule has 4 aliphatic carbocycles. The van der Waals surface area contributed by atoms with Crippen molar-refractivity contribution in [2.24, 2.45) is 34.5 Å². The van der Waals surface area contributed by atoms with Gasteiger partial charge in [0.15, 0.2) is 0 Å². The second-order valence-corrected chi connectivity index (χ2v) is 10.9. The van der Waals surface area contributed by atoms with Gasteiger partial charge in [-0.2, -0.15) is 5.26 Å². The molecular weight excluding hydrogens is 406 g/mol. The van der Waals surface area contributed by atoms with E-state index in [-0.39, 0.29) is 29.3 Å². The first-order chi connectivity index (χ1) is 15.3. The number of carbonyl (C=O) groups is 2. The number of hydrogen-bond acceptors (Lipinski definition) is 6. The van der Waals surface area contributed by atoms with Crippen LogP contribution in [0, 0.1) is 45.8 Å². The molecule has 0 N–H and O–H groups in total. The largest absolute Gasteiger partial charge is 0.477 e. The lowest BCUT2D eigenvalue weighted by Gasteiger charge is -2.60. The molecule has 1 unspecified atom stereocenters. The van der Waals surface area contributed by atoms with Gasteiger partial charge in [-0.15, -0.1) is 0 Å². The van der Waals surface area contributed by atoms with Gasteiger partial charge in [0.25, 0.3) is 0 Å². The maximum absolute atomic E-state index is 13.6. The first-order valence-electron chi connectivity index (χ1n) is 11.7. The smallest absolute Gasteiger partial charge is 0.311 e. The molecule has 0 radical (unpaired) electrons. The highest BCUT2D eigenvalue weighted by Crippen LogP contribution is 2.62. The zero-order valence-corrected chi connectivity index (χ0v) is 19.0. The summed E-state index contributed by atoms with van der Waals surface area (Å²) in [6.45, 7) is 5.11. The summed E-state index contributed by atoms with van der Waals surface area (Å²) in [7, 11) is 1.50. The van der Waals surface area contributed by atoms with Crippen LogP contribution in [0.4, 0.5) is 0 Å². The number of hydrogen-bond donors (Lipinski definition) is 0. The van der Waals surface area contributed by atoms with Crippen LogP contribution in [0.1, 0.15) is 51.5 Å². The van der Waals surface area contributed by atoms with Crippen molar-refractivity contribution in [2.45, 2.75) is 52.0 Å². The van der Waals surface area contributed by atoms with Crippen molar-refractivity contribution in [3.8, 4) is 11.9 Å². The molecule has 0 aromatic carbocycles. The predicted octanol–water partition coefficient (Wildman–Crippen LogP) is 3.18. The molecule has 3 atom stereocenters. The highest BCUT2D eigenvalue weighted by molar-refractivity contribution is 5.85. The number of carbonyl (C=O) groups excluding carboxylic acids is 2. The maximum atomic E-state index is 13.6. The van der Waals surface area contributed by atoms with Gasteiger partial charge >= 0.3 is 5.97 Å². The summed E-state index contributed by atoms with van der Waals surface area (Å²) in [6.07, 6.45) is 6.36. The molecule has 1 amide bonds. The molecular formula is C25H31N3O4. The molecule has 1 saturated heterocycles. The predicted molar refractivity (Wildman–Crippen MR) is 115 cm³/mol. The van der Waals surface area contributed by atoms with Gasteiger partial charge in [0.05, 0.1) is 30.1 Å². The standard InChI is InChI=1S/C25H31N3O4/c1-24(2)19(14-32-20-5-4-15(11-26)12-27-20)13-28(22(24)29)21-17-6-16-7-18(21)10-25(8-16,9-17)23(30)31-3/h4-5,12,16-19,21H,6-10,13-14H2,1-3H3/t16?,17-,18-,19?,21?,25?/m1/s1. The molecule has 0 spiro atoms. The van der Waals surface area contributed by atoms with Crippen molar-refractivity contribution in [3.05, 3.63) is 23.9 Å². The minimum Gasteiger partial charge on any atom is -0.477 e. The maximum Gasteiger partial charge on any atom is 0.311 e. The Kier molecular flexibility index (Phi) is 4.96. The van der Waals surface area contributed by atoms with Gasteiger partial charge in [-0.3, -0.25) is 9.59 Å². The zero-order chi connectivity index (χ0) is 22.7. The number of nitriles is 1. The second kappa shape index (κ2) is 7.47. The van der Waals surface area contributed by atoms with Gasteiger partial charge in [-0.1, -0.05) is 13.8 Å². The van der Waals surface area contributed by atoms with Crippen LogP contribution in [0.2, 0.25) is 0 Å². The van der Waals surface area contributed by atoms with Crippen LogP contribution in [-0.2, 0) is 14.3 Å². The number of amides is 1. The van der Waals surface area contributed by atoms with Crippen LogP contribution in [0.25, 0.3) is 0 Å². The van der Waals surface area contributed by atoms with E-state index in [4.69, 9.17) is 14.7 Å². The van der Waals surface area contributed by atoms with E-state index in [1.807, 2.05) is 13.8 Å². The molecule has 4 saturated carbocycles. The molecule has 7 heteroatoms.